The number of thiazole rings is 1. The Kier molecular flexibility index (Phi) is 3.79. The van der Waals surface area contributed by atoms with Gasteiger partial charge in [0.25, 0.3) is 5.91 Å². The average molecular weight is 283 g/mol. The number of carbonyl (C=O) groups excluding carboxylic acids is 2. The second-order valence-electron chi connectivity index (χ2n) is 4.23. The lowest BCUT2D eigenvalue weighted by Crippen LogP contribution is -2.31. The summed E-state index contributed by atoms with van der Waals surface area (Å²) in [5, 5.41) is 13.8. The van der Waals surface area contributed by atoms with Crippen molar-refractivity contribution in [3.05, 3.63) is 11.1 Å². The summed E-state index contributed by atoms with van der Waals surface area (Å²) in [4.78, 5) is 38.8. The van der Waals surface area contributed by atoms with Gasteiger partial charge in [-0.3, -0.25) is 19.3 Å². The van der Waals surface area contributed by atoms with E-state index in [9.17, 15) is 14.4 Å². The van der Waals surface area contributed by atoms with E-state index in [1.165, 1.54) is 18.4 Å². The Hall–Kier alpha value is -1.96. The van der Waals surface area contributed by atoms with Crippen LogP contribution in [0.1, 0.15) is 18.5 Å². The summed E-state index contributed by atoms with van der Waals surface area (Å²) in [7, 11) is 1.45. The molecule has 102 valence electrons. The molecule has 0 saturated carbocycles. The summed E-state index contributed by atoms with van der Waals surface area (Å²) in [5.41, 5.74) is 0.667. The van der Waals surface area contributed by atoms with E-state index in [1.54, 1.807) is 5.38 Å². The number of carboxylic acids is 1. The van der Waals surface area contributed by atoms with E-state index in [-0.39, 0.29) is 24.7 Å². The van der Waals surface area contributed by atoms with Crippen LogP contribution in [-0.4, -0.2) is 45.9 Å². The molecule has 1 atom stereocenters. The van der Waals surface area contributed by atoms with Gasteiger partial charge in [0.15, 0.2) is 5.13 Å². The van der Waals surface area contributed by atoms with Gasteiger partial charge in [-0.05, 0) is 0 Å². The fourth-order valence-corrected chi connectivity index (χ4v) is 2.54. The number of aromatic nitrogens is 1. The normalized spacial score (nSPS) is 19.0. The zero-order valence-corrected chi connectivity index (χ0v) is 11.1. The number of hydrogen-bond acceptors (Lipinski definition) is 6. The number of nitrogens with zero attached hydrogens (tertiary/aromatic N) is 2. The molecule has 8 heteroatoms. The van der Waals surface area contributed by atoms with Gasteiger partial charge in [-0.1, -0.05) is 0 Å². The third-order valence-corrected chi connectivity index (χ3v) is 3.65. The number of anilines is 1. The fourth-order valence-electron chi connectivity index (χ4n) is 1.74. The number of amides is 2. The molecule has 1 aromatic heterocycles. The highest BCUT2D eigenvalue weighted by atomic mass is 32.1. The average Bonchev–Trinajstić information content (AvgIpc) is 2.89. The Bertz CT molecular complexity index is 528. The zero-order valence-electron chi connectivity index (χ0n) is 10.3. The van der Waals surface area contributed by atoms with Crippen LogP contribution in [0.15, 0.2) is 5.38 Å². The lowest BCUT2D eigenvalue weighted by Gasteiger charge is -2.09. The number of carbonyl (C=O) groups is 3. The molecule has 2 amide bonds. The molecule has 0 aliphatic carbocycles. The number of likely N-dealkylation sites (N-methyl/N-ethyl adjacent to an activating group) is 1. The topological polar surface area (TPSA) is 99.6 Å². The van der Waals surface area contributed by atoms with Crippen LogP contribution < -0.4 is 5.32 Å². The van der Waals surface area contributed by atoms with Crippen LogP contribution >= 0.6 is 11.3 Å². The van der Waals surface area contributed by atoms with E-state index in [1.807, 2.05) is 0 Å². The molecule has 1 fully saturated rings. The van der Waals surface area contributed by atoms with E-state index in [4.69, 9.17) is 5.11 Å². The summed E-state index contributed by atoms with van der Waals surface area (Å²) in [6, 6.07) is -0.573. The number of hydrogen-bond donors (Lipinski definition) is 2. The number of likely N-dealkylation sites (tertiary alicyclic amines) is 1. The van der Waals surface area contributed by atoms with Gasteiger partial charge < -0.3 is 10.4 Å². The molecule has 2 heterocycles. The molecule has 1 aromatic rings. The highest BCUT2D eigenvalue weighted by Gasteiger charge is 2.36. The lowest BCUT2D eigenvalue weighted by molar-refractivity contribution is -0.138. The summed E-state index contributed by atoms with van der Waals surface area (Å²) >= 11 is 1.30. The number of carboxylic acid groups (broad SMARTS) is 1. The smallest absolute Gasteiger partial charge is 0.303 e. The largest absolute Gasteiger partial charge is 0.481 e. The van der Waals surface area contributed by atoms with Gasteiger partial charge in [-0.25, -0.2) is 4.98 Å². The van der Waals surface area contributed by atoms with Crippen LogP contribution in [0.25, 0.3) is 0 Å². The first-order chi connectivity index (χ1) is 8.97. The minimum Gasteiger partial charge on any atom is -0.481 e. The third kappa shape index (κ3) is 3.08. The molecule has 2 rings (SSSR count). The number of nitrogens with one attached hydrogen (secondary N) is 1. The van der Waals surface area contributed by atoms with Crippen molar-refractivity contribution < 1.29 is 19.5 Å². The standard InChI is InChI=1S/C11H13N3O4S/c1-14-8(15)4-7(10(14)18)13-11-12-6(5-19-11)2-3-9(16)17/h5,7H,2-4H2,1H3,(H,12,13)(H,16,17). The molecule has 2 N–H and O–H groups in total. The van der Waals surface area contributed by atoms with E-state index in [2.05, 4.69) is 10.3 Å². The van der Waals surface area contributed by atoms with Crippen molar-refractivity contribution in [2.45, 2.75) is 25.3 Å². The van der Waals surface area contributed by atoms with Gasteiger partial charge in [-0.15, -0.1) is 11.3 Å². The van der Waals surface area contributed by atoms with Gasteiger partial charge in [0, 0.05) is 18.8 Å². The highest BCUT2D eigenvalue weighted by molar-refractivity contribution is 7.13. The number of imide groups is 1. The molecule has 1 aliphatic rings. The number of aryl methyl sites for hydroxylation is 1. The molecule has 19 heavy (non-hydrogen) atoms. The predicted octanol–water partition coefficient (Wildman–Crippen LogP) is 0.329. The molecular formula is C11H13N3O4S. The summed E-state index contributed by atoms with van der Waals surface area (Å²) in [5.74, 6) is -1.36. The molecule has 1 unspecified atom stereocenters. The Labute approximate surface area is 113 Å². The summed E-state index contributed by atoms with van der Waals surface area (Å²) in [6.07, 6.45) is 0.497. The zero-order chi connectivity index (χ0) is 14.0. The molecular weight excluding hydrogens is 270 g/mol. The second kappa shape index (κ2) is 5.35. The summed E-state index contributed by atoms with van der Waals surface area (Å²) < 4.78 is 0. The van der Waals surface area contributed by atoms with Crippen LogP contribution in [0, 0.1) is 0 Å². The van der Waals surface area contributed by atoms with Crippen molar-refractivity contribution in [2.75, 3.05) is 12.4 Å². The van der Waals surface area contributed by atoms with Crippen molar-refractivity contribution in [3.63, 3.8) is 0 Å². The van der Waals surface area contributed by atoms with Crippen LogP contribution in [0.2, 0.25) is 0 Å². The van der Waals surface area contributed by atoms with Crippen LogP contribution in [-0.2, 0) is 20.8 Å². The lowest BCUT2D eigenvalue weighted by atomic mass is 10.2. The van der Waals surface area contributed by atoms with E-state index in [0.717, 1.165) is 4.90 Å². The van der Waals surface area contributed by atoms with Gasteiger partial charge in [-0.2, -0.15) is 0 Å². The Balaban J connectivity index is 1.95. The quantitative estimate of drug-likeness (QED) is 0.755. The van der Waals surface area contributed by atoms with Crippen LogP contribution in [0.5, 0.6) is 0 Å². The van der Waals surface area contributed by atoms with E-state index in [0.29, 0.717) is 17.2 Å². The van der Waals surface area contributed by atoms with Gasteiger partial charge in [0.1, 0.15) is 6.04 Å². The van der Waals surface area contributed by atoms with Crippen molar-refractivity contribution >= 4 is 34.3 Å². The van der Waals surface area contributed by atoms with Crippen molar-refractivity contribution in [1.29, 1.82) is 0 Å². The summed E-state index contributed by atoms with van der Waals surface area (Å²) in [6.45, 7) is 0. The first kappa shape index (κ1) is 13.5. The van der Waals surface area contributed by atoms with Gasteiger partial charge >= 0.3 is 5.97 Å². The molecule has 0 aromatic carbocycles. The van der Waals surface area contributed by atoms with Crippen molar-refractivity contribution in [3.8, 4) is 0 Å². The molecule has 1 saturated heterocycles. The number of aliphatic carboxylic acids is 1. The van der Waals surface area contributed by atoms with Crippen LogP contribution in [0.3, 0.4) is 0 Å². The first-order valence-corrected chi connectivity index (χ1v) is 6.58. The Morgan fingerprint density at radius 3 is 2.95 bits per heavy atom. The SMILES string of the molecule is CN1C(=O)CC(Nc2nc(CCC(=O)O)cs2)C1=O. The maximum Gasteiger partial charge on any atom is 0.303 e. The van der Waals surface area contributed by atoms with Crippen LogP contribution in [0.4, 0.5) is 5.13 Å². The Morgan fingerprint density at radius 2 is 2.37 bits per heavy atom. The van der Waals surface area contributed by atoms with Crippen molar-refractivity contribution in [1.82, 2.24) is 9.88 Å². The van der Waals surface area contributed by atoms with Gasteiger partial charge in [0.2, 0.25) is 5.91 Å². The molecule has 1 aliphatic heterocycles. The third-order valence-electron chi connectivity index (χ3n) is 2.83. The monoisotopic (exact) mass is 283 g/mol. The van der Waals surface area contributed by atoms with Crippen molar-refractivity contribution in [2.24, 2.45) is 0 Å². The van der Waals surface area contributed by atoms with Gasteiger partial charge in [0.05, 0.1) is 18.5 Å². The second-order valence-corrected chi connectivity index (χ2v) is 5.09. The molecule has 0 radical (unpaired) electrons. The minimum absolute atomic E-state index is 0.0206. The van der Waals surface area contributed by atoms with E-state index >= 15 is 0 Å². The Morgan fingerprint density at radius 1 is 1.63 bits per heavy atom. The fraction of sp³-hybridized carbons (Fsp3) is 0.455. The maximum absolute atomic E-state index is 11.7. The molecule has 0 spiro atoms. The maximum atomic E-state index is 11.7. The first-order valence-electron chi connectivity index (χ1n) is 5.70. The van der Waals surface area contributed by atoms with E-state index < -0.39 is 12.0 Å². The molecule has 7 nitrogen and oxygen atoms in total. The predicted molar refractivity (Wildman–Crippen MR) is 67.9 cm³/mol. The molecule has 0 bridgehead atoms. The highest BCUT2D eigenvalue weighted by Crippen LogP contribution is 2.21. The number of rotatable bonds is 5. The minimum atomic E-state index is -0.874.